The normalized spacial score (nSPS) is 19.7. The molecule has 3 aliphatic carbocycles. The van der Waals surface area contributed by atoms with Crippen molar-refractivity contribution in [3.8, 4) is 0 Å². The molecule has 3 aliphatic rings. The van der Waals surface area contributed by atoms with Gasteiger partial charge in [0.1, 0.15) is 11.2 Å². The lowest BCUT2D eigenvalue weighted by atomic mass is 9.63. The Balaban J connectivity index is 1.02. The first-order valence-corrected chi connectivity index (χ1v) is 19.7. The third-order valence-corrected chi connectivity index (χ3v) is 11.9. The molecule has 0 bridgehead atoms. The first-order chi connectivity index (χ1) is 27.6. The number of aliphatic imine (C=N–C) groups is 1. The molecule has 0 saturated heterocycles. The molecule has 270 valence electrons. The molecule has 3 heteroatoms. The molecule has 2 N–H and O–H groups in total. The molecule has 10 rings (SSSR count). The van der Waals surface area contributed by atoms with Crippen LogP contribution in [-0.2, 0) is 0 Å². The molecule has 0 saturated carbocycles. The molecular weight excluding hydrogens is 681 g/mol. The zero-order valence-corrected chi connectivity index (χ0v) is 31.3. The van der Waals surface area contributed by atoms with E-state index in [1.807, 2.05) is 30.3 Å². The van der Waals surface area contributed by atoms with E-state index in [2.05, 4.69) is 165 Å². The minimum atomic E-state index is -0.0179. The Bertz CT molecular complexity index is 2920. The summed E-state index contributed by atoms with van der Waals surface area (Å²) in [5.41, 5.74) is 20.1. The molecule has 0 spiro atoms. The van der Waals surface area contributed by atoms with Crippen LogP contribution in [0.3, 0.4) is 0 Å². The van der Waals surface area contributed by atoms with Gasteiger partial charge >= 0.3 is 0 Å². The molecule has 4 unspecified atom stereocenters. The number of hydrogen-bond acceptors (Lipinski definition) is 3. The minimum Gasteiger partial charge on any atom is -0.456 e. The molecule has 3 nitrogen and oxygen atoms in total. The van der Waals surface area contributed by atoms with Gasteiger partial charge in [-0.2, -0.15) is 0 Å². The van der Waals surface area contributed by atoms with Crippen molar-refractivity contribution in [1.29, 1.82) is 0 Å². The van der Waals surface area contributed by atoms with Crippen molar-refractivity contribution >= 4 is 50.1 Å². The van der Waals surface area contributed by atoms with Gasteiger partial charge in [0.2, 0.25) is 0 Å². The summed E-state index contributed by atoms with van der Waals surface area (Å²) in [5, 5.41) is 4.95. The lowest BCUT2D eigenvalue weighted by molar-refractivity contribution is 0.458. The highest BCUT2D eigenvalue weighted by molar-refractivity contribution is 6.12. The highest BCUT2D eigenvalue weighted by Crippen LogP contribution is 2.48. The van der Waals surface area contributed by atoms with Crippen LogP contribution in [-0.4, -0.2) is 5.71 Å². The maximum Gasteiger partial charge on any atom is 0.136 e. The van der Waals surface area contributed by atoms with E-state index in [9.17, 15) is 0 Å². The van der Waals surface area contributed by atoms with Crippen LogP contribution in [0.5, 0.6) is 0 Å². The summed E-state index contributed by atoms with van der Waals surface area (Å²) in [6.07, 6.45) is 15.0. The molecule has 0 amide bonds. The second-order valence-corrected chi connectivity index (χ2v) is 15.2. The fraction of sp³-hybridized carbons (Fsp3) is 0.113. The number of para-hydroxylation sites is 1. The molecule has 1 heterocycles. The Morgan fingerprint density at radius 1 is 0.696 bits per heavy atom. The number of allylic oxidation sites excluding steroid dienone is 7. The summed E-state index contributed by atoms with van der Waals surface area (Å²) in [4.78, 5) is 5.19. The largest absolute Gasteiger partial charge is 0.456 e. The van der Waals surface area contributed by atoms with Gasteiger partial charge in [-0.15, -0.1) is 0 Å². The molecule has 4 atom stereocenters. The van der Waals surface area contributed by atoms with Crippen LogP contribution in [0, 0.1) is 11.8 Å². The molecule has 1 aromatic heterocycles. The Labute approximate surface area is 327 Å². The number of rotatable bonds is 7. The molecule has 0 aliphatic heterocycles. The molecule has 0 radical (unpaired) electrons. The molecule has 0 fully saturated rings. The fourth-order valence-corrected chi connectivity index (χ4v) is 9.14. The van der Waals surface area contributed by atoms with Gasteiger partial charge in [0.05, 0.1) is 11.8 Å². The zero-order valence-electron chi connectivity index (χ0n) is 31.3. The van der Waals surface area contributed by atoms with Crippen molar-refractivity contribution in [3.63, 3.8) is 0 Å². The zero-order chi connectivity index (χ0) is 37.6. The predicted molar refractivity (Wildman–Crippen MR) is 233 cm³/mol. The number of fused-ring (bicyclic) bond motifs is 7. The smallest absolute Gasteiger partial charge is 0.136 e. The highest BCUT2D eigenvalue weighted by atomic mass is 16.3. The number of benzene rings is 6. The summed E-state index contributed by atoms with van der Waals surface area (Å²) >= 11 is 0. The van der Waals surface area contributed by atoms with E-state index in [-0.39, 0.29) is 23.8 Å². The van der Waals surface area contributed by atoms with Gasteiger partial charge in [-0.05, 0) is 111 Å². The summed E-state index contributed by atoms with van der Waals surface area (Å²) in [6.45, 7) is 2.14. The lowest BCUT2D eigenvalue weighted by Crippen LogP contribution is -2.42. The maximum absolute atomic E-state index is 7.01. The SMILES string of the molecule is CC(/N=C(\C=C(/N)c1cccc(C2CC=CC3=c4ccccc4=C4C=C(c5ccc6c(c5)oc5ccccc56)C=CC4C32)c1)c1ccccc1)c1ccccc1. The summed E-state index contributed by atoms with van der Waals surface area (Å²) in [6, 6.07) is 53.5. The number of nitrogens with zero attached hydrogens (tertiary/aromatic N) is 1. The number of nitrogens with two attached hydrogens (primary N) is 1. The van der Waals surface area contributed by atoms with Gasteiger partial charge < -0.3 is 10.2 Å². The topological polar surface area (TPSA) is 51.5 Å². The first kappa shape index (κ1) is 33.8. The Kier molecular flexibility index (Phi) is 8.56. The van der Waals surface area contributed by atoms with Crippen LogP contribution in [0.2, 0.25) is 0 Å². The number of hydrogen-bond donors (Lipinski definition) is 1. The van der Waals surface area contributed by atoms with Crippen LogP contribution >= 0.6 is 0 Å². The Morgan fingerprint density at radius 3 is 2.25 bits per heavy atom. The van der Waals surface area contributed by atoms with Crippen LogP contribution in [0.1, 0.15) is 53.1 Å². The second kappa shape index (κ2) is 14.2. The minimum absolute atomic E-state index is 0.0179. The highest BCUT2D eigenvalue weighted by Gasteiger charge is 2.38. The van der Waals surface area contributed by atoms with E-state index in [1.165, 1.54) is 38.3 Å². The average Bonchev–Trinajstić information content (AvgIpc) is 3.64. The first-order valence-electron chi connectivity index (χ1n) is 19.7. The lowest BCUT2D eigenvalue weighted by Gasteiger charge is -2.40. The molecule has 6 aromatic carbocycles. The van der Waals surface area contributed by atoms with Crippen molar-refractivity contribution in [2.24, 2.45) is 22.6 Å². The summed E-state index contributed by atoms with van der Waals surface area (Å²) < 4.78 is 6.30. The summed E-state index contributed by atoms with van der Waals surface area (Å²) in [5.74, 6) is 0.801. The van der Waals surface area contributed by atoms with Crippen molar-refractivity contribution in [1.82, 2.24) is 0 Å². The summed E-state index contributed by atoms with van der Waals surface area (Å²) in [7, 11) is 0. The maximum atomic E-state index is 7.01. The van der Waals surface area contributed by atoms with Crippen molar-refractivity contribution in [3.05, 3.63) is 226 Å². The molecule has 7 aromatic rings. The fourth-order valence-electron chi connectivity index (χ4n) is 9.14. The number of furan rings is 1. The van der Waals surface area contributed by atoms with Crippen molar-refractivity contribution < 1.29 is 4.42 Å². The van der Waals surface area contributed by atoms with Gasteiger partial charge in [0.15, 0.2) is 0 Å². The van der Waals surface area contributed by atoms with Crippen LogP contribution in [0.25, 0.3) is 44.4 Å². The van der Waals surface area contributed by atoms with Gasteiger partial charge in [0, 0.05) is 28.3 Å². The molecular formula is C53H42N2O. The van der Waals surface area contributed by atoms with E-state index < -0.39 is 0 Å². The van der Waals surface area contributed by atoms with E-state index in [4.69, 9.17) is 15.1 Å². The van der Waals surface area contributed by atoms with E-state index in [1.54, 1.807) is 0 Å². The van der Waals surface area contributed by atoms with Crippen molar-refractivity contribution in [2.45, 2.75) is 25.3 Å². The third kappa shape index (κ3) is 6.06. The average molecular weight is 723 g/mol. The third-order valence-electron chi connectivity index (χ3n) is 11.9. The Hall–Kier alpha value is -6.71. The second-order valence-electron chi connectivity index (χ2n) is 15.2. The van der Waals surface area contributed by atoms with Crippen molar-refractivity contribution in [2.75, 3.05) is 0 Å². The van der Waals surface area contributed by atoms with Crippen LogP contribution in [0.15, 0.2) is 198 Å². The van der Waals surface area contributed by atoms with Gasteiger partial charge in [-0.1, -0.05) is 152 Å². The Morgan fingerprint density at radius 2 is 1.41 bits per heavy atom. The monoisotopic (exact) mass is 722 g/mol. The van der Waals surface area contributed by atoms with Crippen LogP contribution < -0.4 is 16.2 Å². The van der Waals surface area contributed by atoms with Gasteiger partial charge in [-0.25, -0.2) is 0 Å². The van der Waals surface area contributed by atoms with E-state index >= 15 is 0 Å². The molecule has 56 heavy (non-hydrogen) atoms. The van der Waals surface area contributed by atoms with Gasteiger partial charge in [-0.3, -0.25) is 4.99 Å². The van der Waals surface area contributed by atoms with Gasteiger partial charge in [0.25, 0.3) is 0 Å². The quantitative estimate of drug-likeness (QED) is 0.167. The van der Waals surface area contributed by atoms with E-state index in [0.29, 0.717) is 5.70 Å². The predicted octanol–water partition coefficient (Wildman–Crippen LogP) is 11.1. The van der Waals surface area contributed by atoms with Crippen LogP contribution in [0.4, 0.5) is 0 Å². The standard InChI is InChI=1S/C53H42N2O/c1-34(35-14-4-2-5-15-35)55-50(36-16-6-3-7-17-36)33-49(54)40-19-12-18-39(30-40)41-23-13-24-46-42-20-8-9-21-43(42)48-31-37(27-29-47(48)53(41)46)38-26-28-45-44-22-10-11-25-51(44)56-52(45)32-38/h2-22,24-34,41,47,53H,23,54H2,1H3/b49-33-,55-50+. The van der Waals surface area contributed by atoms with E-state index in [0.717, 1.165) is 50.8 Å².